The van der Waals surface area contributed by atoms with Crippen LogP contribution in [0.5, 0.6) is 0 Å². The summed E-state index contributed by atoms with van der Waals surface area (Å²) < 4.78 is 66.3. The van der Waals surface area contributed by atoms with Crippen LogP contribution < -0.4 is 9.62 Å². The second-order valence-corrected chi connectivity index (χ2v) is 10.0. The molecule has 4 rings (SSSR count). The minimum absolute atomic E-state index is 0.0765. The van der Waals surface area contributed by atoms with Gasteiger partial charge in [-0.05, 0) is 66.8 Å². The van der Waals surface area contributed by atoms with Gasteiger partial charge in [-0.2, -0.15) is 13.2 Å². The highest BCUT2D eigenvalue weighted by molar-refractivity contribution is 7.89. The number of benzene rings is 3. The molecular weight excluding hydrogens is 473 g/mol. The van der Waals surface area contributed by atoms with Gasteiger partial charge in [-0.3, -0.25) is 0 Å². The Labute approximate surface area is 196 Å². The van der Waals surface area contributed by atoms with Crippen LogP contribution >= 0.6 is 11.6 Å². The second-order valence-electron chi connectivity index (χ2n) is 7.83. The summed E-state index contributed by atoms with van der Waals surface area (Å²) in [6.07, 6.45) is -2.43. The lowest BCUT2D eigenvalue weighted by atomic mass is 10.0. The van der Waals surface area contributed by atoms with E-state index in [9.17, 15) is 21.6 Å². The molecule has 9 heteroatoms. The molecule has 4 nitrogen and oxygen atoms in total. The Morgan fingerprint density at radius 2 is 1.64 bits per heavy atom. The summed E-state index contributed by atoms with van der Waals surface area (Å²) in [5, 5.41) is 0.614. The minimum atomic E-state index is -4.61. The zero-order valence-corrected chi connectivity index (χ0v) is 19.1. The molecule has 0 spiro atoms. The molecule has 1 N–H and O–H groups in total. The number of nitrogens with zero attached hydrogens (tertiary/aromatic N) is 1. The molecule has 0 radical (unpaired) electrons. The van der Waals surface area contributed by atoms with Crippen LogP contribution in [0.4, 0.5) is 24.5 Å². The molecule has 33 heavy (non-hydrogen) atoms. The molecule has 0 unspecified atom stereocenters. The van der Waals surface area contributed by atoms with Crippen molar-refractivity contribution < 1.29 is 21.6 Å². The van der Waals surface area contributed by atoms with Gasteiger partial charge in [0.25, 0.3) is 0 Å². The van der Waals surface area contributed by atoms with Crippen molar-refractivity contribution in [2.24, 2.45) is 0 Å². The number of aryl methyl sites for hydroxylation is 2. The van der Waals surface area contributed by atoms with E-state index in [2.05, 4.69) is 15.7 Å². The monoisotopic (exact) mass is 494 g/mol. The predicted molar refractivity (Wildman–Crippen MR) is 124 cm³/mol. The van der Waals surface area contributed by atoms with Gasteiger partial charge in [-0.25, -0.2) is 13.1 Å². The van der Waals surface area contributed by atoms with Crippen molar-refractivity contribution >= 4 is 33.0 Å². The molecule has 0 saturated carbocycles. The van der Waals surface area contributed by atoms with Crippen LogP contribution in [0.25, 0.3) is 0 Å². The lowest BCUT2D eigenvalue weighted by molar-refractivity contribution is -0.137. The normalized spacial score (nSPS) is 13.9. The number of halogens is 4. The summed E-state index contributed by atoms with van der Waals surface area (Å²) >= 11 is 6.26. The lowest BCUT2D eigenvalue weighted by Gasteiger charge is -2.27. The zero-order valence-electron chi connectivity index (χ0n) is 17.6. The fraction of sp³-hybridized carbons (Fsp3) is 0.250. The minimum Gasteiger partial charge on any atom is -0.341 e. The molecule has 174 valence electrons. The van der Waals surface area contributed by atoms with Gasteiger partial charge in [0.1, 0.15) is 0 Å². The van der Waals surface area contributed by atoms with Crippen molar-refractivity contribution in [3.05, 3.63) is 88.4 Å². The van der Waals surface area contributed by atoms with Crippen LogP contribution in [-0.4, -0.2) is 21.5 Å². The summed E-state index contributed by atoms with van der Waals surface area (Å²) in [6, 6.07) is 17.6. The Morgan fingerprint density at radius 3 is 2.39 bits per heavy atom. The first-order chi connectivity index (χ1) is 15.6. The average Bonchev–Trinajstić information content (AvgIpc) is 2.93. The molecule has 0 aliphatic carbocycles. The largest absolute Gasteiger partial charge is 0.416 e. The van der Waals surface area contributed by atoms with E-state index >= 15 is 0 Å². The molecule has 0 saturated heterocycles. The first-order valence-corrected chi connectivity index (χ1v) is 12.3. The molecule has 3 aromatic rings. The molecule has 1 aliphatic rings. The van der Waals surface area contributed by atoms with Crippen LogP contribution in [0.3, 0.4) is 0 Å². The van der Waals surface area contributed by atoms with E-state index in [-0.39, 0.29) is 6.54 Å². The molecule has 0 atom stereocenters. The quantitative estimate of drug-likeness (QED) is 0.430. The van der Waals surface area contributed by atoms with Crippen molar-refractivity contribution in [1.29, 1.82) is 0 Å². The van der Waals surface area contributed by atoms with E-state index in [0.29, 0.717) is 24.1 Å². The molecule has 0 amide bonds. The molecule has 1 aliphatic heterocycles. The van der Waals surface area contributed by atoms with E-state index in [1.807, 2.05) is 36.4 Å². The Bertz CT molecular complexity index is 1260. The third-order valence-corrected chi connectivity index (χ3v) is 7.30. The summed E-state index contributed by atoms with van der Waals surface area (Å²) in [4.78, 5) is 1.72. The van der Waals surface area contributed by atoms with Gasteiger partial charge in [0.2, 0.25) is 10.0 Å². The zero-order chi connectivity index (χ0) is 23.6. The molecule has 0 bridgehead atoms. The number of alkyl halides is 3. The maximum Gasteiger partial charge on any atom is 0.416 e. The molecular formula is C24H22ClF3N2O2S. The van der Waals surface area contributed by atoms with Gasteiger partial charge in [0, 0.05) is 29.5 Å². The predicted octanol–water partition coefficient (Wildman–Crippen LogP) is 5.96. The topological polar surface area (TPSA) is 49.4 Å². The Balaban J connectivity index is 1.50. The number of rotatable bonds is 6. The van der Waals surface area contributed by atoms with E-state index in [1.165, 1.54) is 5.56 Å². The van der Waals surface area contributed by atoms with Gasteiger partial charge in [-0.15, -0.1) is 0 Å². The van der Waals surface area contributed by atoms with Crippen LogP contribution in [0, 0.1) is 0 Å². The van der Waals surface area contributed by atoms with Crippen molar-refractivity contribution in [3.63, 3.8) is 0 Å². The maximum atomic E-state index is 12.9. The standard InChI is InChI=1S/C24H22ClF3N2O2S/c25-20-12-11-18-10-9-17-5-1-2-8-22(17)30(23(18)16-20)14-4-13-29-33(31,32)21-7-3-6-19(15-21)24(26,27)28/h1-3,5-8,11-12,15-16,29H,4,9-10,13-14H2. The highest BCUT2D eigenvalue weighted by Crippen LogP contribution is 2.37. The average molecular weight is 495 g/mol. The van der Waals surface area contributed by atoms with Crippen molar-refractivity contribution in [3.8, 4) is 0 Å². The highest BCUT2D eigenvalue weighted by atomic mass is 35.5. The SMILES string of the molecule is O=S(=O)(NCCCN1c2ccccc2CCc2ccc(Cl)cc21)c1cccc(C(F)(F)F)c1. The van der Waals surface area contributed by atoms with Crippen LogP contribution in [0.1, 0.15) is 23.1 Å². The van der Waals surface area contributed by atoms with Crippen LogP contribution in [-0.2, 0) is 29.0 Å². The van der Waals surface area contributed by atoms with Crippen LogP contribution in [0.2, 0.25) is 5.02 Å². The Morgan fingerprint density at radius 1 is 0.909 bits per heavy atom. The van der Waals surface area contributed by atoms with Gasteiger partial charge in [-0.1, -0.05) is 41.9 Å². The number of sulfonamides is 1. The Kier molecular flexibility index (Phi) is 6.70. The van der Waals surface area contributed by atoms with Crippen molar-refractivity contribution in [2.45, 2.75) is 30.3 Å². The van der Waals surface area contributed by atoms with Gasteiger partial charge in [0.05, 0.1) is 10.5 Å². The number of fused-ring (bicyclic) bond motifs is 2. The Hall–Kier alpha value is -2.55. The third kappa shape index (κ3) is 5.34. The number of anilines is 2. The molecule has 1 heterocycles. The maximum absolute atomic E-state index is 12.9. The fourth-order valence-electron chi connectivity index (χ4n) is 3.99. The second kappa shape index (κ2) is 9.37. The van der Waals surface area contributed by atoms with E-state index in [1.54, 1.807) is 0 Å². The summed E-state index contributed by atoms with van der Waals surface area (Å²) in [5.74, 6) is 0. The van der Waals surface area contributed by atoms with Crippen LogP contribution in [0.15, 0.2) is 71.6 Å². The molecule has 0 fully saturated rings. The fourth-order valence-corrected chi connectivity index (χ4v) is 5.28. The van der Waals surface area contributed by atoms with Crippen molar-refractivity contribution in [2.75, 3.05) is 18.0 Å². The van der Waals surface area contributed by atoms with Gasteiger partial charge < -0.3 is 4.90 Å². The third-order valence-electron chi connectivity index (χ3n) is 5.61. The first-order valence-electron chi connectivity index (χ1n) is 10.5. The summed E-state index contributed by atoms with van der Waals surface area (Å²) in [5.41, 5.74) is 3.36. The van der Waals surface area contributed by atoms with E-state index in [0.717, 1.165) is 48.0 Å². The van der Waals surface area contributed by atoms with Crippen molar-refractivity contribution in [1.82, 2.24) is 4.72 Å². The molecule has 0 aromatic heterocycles. The van der Waals surface area contributed by atoms with E-state index < -0.39 is 26.7 Å². The number of hydrogen-bond acceptors (Lipinski definition) is 3. The summed E-state index contributed by atoms with van der Waals surface area (Å²) in [7, 11) is -4.07. The van der Waals surface area contributed by atoms with E-state index in [4.69, 9.17) is 11.6 Å². The van der Waals surface area contributed by atoms with Gasteiger partial charge >= 0.3 is 6.18 Å². The summed E-state index contributed by atoms with van der Waals surface area (Å²) in [6.45, 7) is 0.586. The van der Waals surface area contributed by atoms with Gasteiger partial charge in [0.15, 0.2) is 0 Å². The number of hydrogen-bond donors (Lipinski definition) is 1. The lowest BCUT2D eigenvalue weighted by Crippen LogP contribution is -2.28. The smallest absolute Gasteiger partial charge is 0.341 e. The highest BCUT2D eigenvalue weighted by Gasteiger charge is 2.31. The number of para-hydroxylation sites is 1. The number of nitrogens with one attached hydrogen (secondary N) is 1. The first kappa shape index (κ1) is 23.6. The molecule has 3 aromatic carbocycles.